The van der Waals surface area contributed by atoms with Crippen molar-refractivity contribution in [3.63, 3.8) is 0 Å². The molecular formula is C12H19N5O. The third-order valence-corrected chi connectivity index (χ3v) is 3.10. The van der Waals surface area contributed by atoms with Gasteiger partial charge >= 0.3 is 0 Å². The van der Waals surface area contributed by atoms with Crippen molar-refractivity contribution < 1.29 is 4.79 Å². The first-order chi connectivity index (χ1) is 8.69. The third kappa shape index (κ3) is 3.18. The SMILES string of the molecule is CC(=O)NC1CCN(Cc2cccnc2NN)C1. The quantitative estimate of drug-likeness (QED) is 0.520. The number of nitrogen functional groups attached to an aromatic ring is 1. The van der Waals surface area contributed by atoms with Gasteiger partial charge in [0.15, 0.2) is 0 Å². The van der Waals surface area contributed by atoms with Gasteiger partial charge in [0.05, 0.1) is 0 Å². The number of likely N-dealkylation sites (tertiary alicyclic amines) is 1. The summed E-state index contributed by atoms with van der Waals surface area (Å²) in [6.45, 7) is 4.20. The van der Waals surface area contributed by atoms with E-state index in [4.69, 9.17) is 5.84 Å². The monoisotopic (exact) mass is 249 g/mol. The van der Waals surface area contributed by atoms with E-state index < -0.39 is 0 Å². The van der Waals surface area contributed by atoms with Crippen LogP contribution in [0.2, 0.25) is 0 Å². The second-order valence-corrected chi connectivity index (χ2v) is 4.58. The van der Waals surface area contributed by atoms with Crippen LogP contribution in [-0.2, 0) is 11.3 Å². The highest BCUT2D eigenvalue weighted by Gasteiger charge is 2.23. The second kappa shape index (κ2) is 5.79. The number of amides is 1. The van der Waals surface area contributed by atoms with Crippen molar-refractivity contribution in [1.29, 1.82) is 0 Å². The molecule has 0 spiro atoms. The fourth-order valence-corrected chi connectivity index (χ4v) is 2.32. The topological polar surface area (TPSA) is 83.3 Å². The van der Waals surface area contributed by atoms with Crippen molar-refractivity contribution in [3.8, 4) is 0 Å². The van der Waals surface area contributed by atoms with E-state index in [-0.39, 0.29) is 11.9 Å². The molecule has 1 amide bonds. The Morgan fingerprint density at radius 1 is 1.67 bits per heavy atom. The molecule has 1 aliphatic heterocycles. The van der Waals surface area contributed by atoms with E-state index in [2.05, 4.69) is 20.6 Å². The molecule has 2 rings (SSSR count). The molecule has 98 valence electrons. The summed E-state index contributed by atoms with van der Waals surface area (Å²) in [6.07, 6.45) is 2.70. The number of pyridine rings is 1. The zero-order valence-corrected chi connectivity index (χ0v) is 10.5. The highest BCUT2D eigenvalue weighted by atomic mass is 16.1. The molecule has 1 fully saturated rings. The first-order valence-electron chi connectivity index (χ1n) is 6.09. The van der Waals surface area contributed by atoms with Crippen LogP contribution in [0.4, 0.5) is 5.82 Å². The van der Waals surface area contributed by atoms with Gasteiger partial charge in [-0.05, 0) is 12.5 Å². The first kappa shape index (κ1) is 12.8. The molecule has 6 heteroatoms. The van der Waals surface area contributed by atoms with Crippen LogP contribution in [0.25, 0.3) is 0 Å². The molecule has 0 aromatic carbocycles. The van der Waals surface area contributed by atoms with Crippen LogP contribution >= 0.6 is 0 Å². The normalized spacial score (nSPS) is 19.8. The zero-order chi connectivity index (χ0) is 13.0. The summed E-state index contributed by atoms with van der Waals surface area (Å²) in [4.78, 5) is 17.5. The predicted molar refractivity (Wildman–Crippen MR) is 69.5 cm³/mol. The first-order valence-corrected chi connectivity index (χ1v) is 6.09. The van der Waals surface area contributed by atoms with E-state index in [1.807, 2.05) is 12.1 Å². The maximum atomic E-state index is 11.0. The molecule has 6 nitrogen and oxygen atoms in total. The van der Waals surface area contributed by atoms with Gasteiger partial charge in [0.1, 0.15) is 5.82 Å². The maximum absolute atomic E-state index is 11.0. The maximum Gasteiger partial charge on any atom is 0.217 e. The van der Waals surface area contributed by atoms with Gasteiger partial charge in [-0.3, -0.25) is 9.69 Å². The number of nitrogens with two attached hydrogens (primary N) is 1. The number of carbonyl (C=O) groups is 1. The lowest BCUT2D eigenvalue weighted by molar-refractivity contribution is -0.119. The Morgan fingerprint density at radius 2 is 2.50 bits per heavy atom. The van der Waals surface area contributed by atoms with Crippen molar-refractivity contribution in [1.82, 2.24) is 15.2 Å². The number of carbonyl (C=O) groups excluding carboxylic acids is 1. The van der Waals surface area contributed by atoms with E-state index in [0.29, 0.717) is 5.82 Å². The van der Waals surface area contributed by atoms with Crippen molar-refractivity contribution in [3.05, 3.63) is 23.9 Å². The lowest BCUT2D eigenvalue weighted by Gasteiger charge is -2.17. The van der Waals surface area contributed by atoms with E-state index in [0.717, 1.165) is 31.6 Å². The highest BCUT2D eigenvalue weighted by Crippen LogP contribution is 2.17. The minimum atomic E-state index is 0.0348. The van der Waals surface area contributed by atoms with E-state index >= 15 is 0 Å². The van der Waals surface area contributed by atoms with Crippen molar-refractivity contribution in [2.45, 2.75) is 25.9 Å². The Bertz CT molecular complexity index is 423. The summed E-state index contributed by atoms with van der Waals surface area (Å²) in [7, 11) is 0. The predicted octanol–water partition coefficient (Wildman–Crippen LogP) is 0.0776. The lowest BCUT2D eigenvalue weighted by Crippen LogP contribution is -2.35. The Labute approximate surface area is 107 Å². The summed E-state index contributed by atoms with van der Waals surface area (Å²) < 4.78 is 0. The van der Waals surface area contributed by atoms with Crippen LogP contribution < -0.4 is 16.6 Å². The molecule has 2 heterocycles. The van der Waals surface area contributed by atoms with Crippen molar-refractivity contribution >= 4 is 11.7 Å². The van der Waals surface area contributed by atoms with Gasteiger partial charge < -0.3 is 10.7 Å². The molecule has 1 aromatic rings. The van der Waals surface area contributed by atoms with Crippen molar-refractivity contribution in [2.75, 3.05) is 18.5 Å². The number of hydrazine groups is 1. The fraction of sp³-hybridized carbons (Fsp3) is 0.500. The number of anilines is 1. The van der Waals surface area contributed by atoms with Crippen LogP contribution in [0.1, 0.15) is 18.9 Å². The third-order valence-electron chi connectivity index (χ3n) is 3.10. The summed E-state index contributed by atoms with van der Waals surface area (Å²) in [5.74, 6) is 6.17. The van der Waals surface area contributed by atoms with Crippen LogP contribution in [0.5, 0.6) is 0 Å². The molecule has 0 bridgehead atoms. The van der Waals surface area contributed by atoms with Gasteiger partial charge in [0, 0.05) is 44.4 Å². The van der Waals surface area contributed by atoms with Gasteiger partial charge in [0.25, 0.3) is 0 Å². The largest absolute Gasteiger partial charge is 0.352 e. The molecule has 1 atom stereocenters. The summed E-state index contributed by atoms with van der Waals surface area (Å²) >= 11 is 0. The fourth-order valence-electron chi connectivity index (χ4n) is 2.32. The molecular weight excluding hydrogens is 230 g/mol. The van der Waals surface area contributed by atoms with Crippen molar-refractivity contribution in [2.24, 2.45) is 5.84 Å². The Kier molecular flexibility index (Phi) is 4.11. The number of hydrogen-bond acceptors (Lipinski definition) is 5. The molecule has 0 radical (unpaired) electrons. The minimum Gasteiger partial charge on any atom is -0.352 e. The minimum absolute atomic E-state index is 0.0348. The van der Waals surface area contributed by atoms with Gasteiger partial charge in [-0.2, -0.15) is 0 Å². The smallest absolute Gasteiger partial charge is 0.217 e. The van der Waals surface area contributed by atoms with E-state index in [1.54, 1.807) is 13.1 Å². The average Bonchev–Trinajstić information content (AvgIpc) is 2.76. The van der Waals surface area contributed by atoms with Crippen LogP contribution in [0.3, 0.4) is 0 Å². The number of nitrogens with zero attached hydrogens (tertiary/aromatic N) is 2. The molecule has 18 heavy (non-hydrogen) atoms. The second-order valence-electron chi connectivity index (χ2n) is 4.58. The molecule has 0 saturated carbocycles. The summed E-state index contributed by atoms with van der Waals surface area (Å²) in [5.41, 5.74) is 3.68. The van der Waals surface area contributed by atoms with Crippen LogP contribution in [0, 0.1) is 0 Å². The number of rotatable bonds is 4. The van der Waals surface area contributed by atoms with Gasteiger partial charge in [-0.15, -0.1) is 0 Å². The van der Waals surface area contributed by atoms with Crippen LogP contribution in [0.15, 0.2) is 18.3 Å². The van der Waals surface area contributed by atoms with Gasteiger partial charge in [-0.25, -0.2) is 10.8 Å². The van der Waals surface area contributed by atoms with E-state index in [9.17, 15) is 4.79 Å². The van der Waals surface area contributed by atoms with Crippen LogP contribution in [-0.4, -0.2) is 34.9 Å². The molecule has 1 saturated heterocycles. The Hall–Kier alpha value is -1.66. The standard InChI is InChI=1S/C12H19N5O/c1-9(18)15-11-4-6-17(8-11)7-10-3-2-5-14-12(10)16-13/h2-3,5,11H,4,6-8,13H2,1H3,(H,14,16)(H,15,18). The summed E-state index contributed by atoms with van der Waals surface area (Å²) in [6, 6.07) is 4.17. The van der Waals surface area contributed by atoms with Gasteiger partial charge in [0.2, 0.25) is 5.91 Å². The molecule has 0 aliphatic carbocycles. The number of hydrogen-bond donors (Lipinski definition) is 3. The number of nitrogens with one attached hydrogen (secondary N) is 2. The lowest BCUT2D eigenvalue weighted by atomic mass is 10.2. The van der Waals surface area contributed by atoms with E-state index in [1.165, 1.54) is 0 Å². The molecule has 1 aliphatic rings. The van der Waals surface area contributed by atoms with Gasteiger partial charge in [-0.1, -0.05) is 6.07 Å². The summed E-state index contributed by atoms with van der Waals surface area (Å²) in [5, 5.41) is 2.95. The Balaban J connectivity index is 1.93. The molecule has 4 N–H and O–H groups in total. The average molecular weight is 249 g/mol. The molecule has 1 unspecified atom stereocenters. The molecule has 1 aromatic heterocycles. The number of aromatic nitrogens is 1. The Morgan fingerprint density at radius 3 is 3.22 bits per heavy atom. The zero-order valence-electron chi connectivity index (χ0n) is 10.5. The highest BCUT2D eigenvalue weighted by molar-refractivity contribution is 5.73.